The number of halogens is 1. The first kappa shape index (κ1) is 14.2. The second-order valence-electron chi connectivity index (χ2n) is 4.88. The molecule has 1 N–H and O–H groups in total. The summed E-state index contributed by atoms with van der Waals surface area (Å²) in [6, 6.07) is 12.7. The highest BCUT2D eigenvalue weighted by molar-refractivity contribution is 9.10. The van der Waals surface area contributed by atoms with Crippen LogP contribution in [0.25, 0.3) is 10.9 Å². The fraction of sp³-hybridized carbons (Fsp3) is 0.176. The molecule has 1 unspecified atom stereocenters. The summed E-state index contributed by atoms with van der Waals surface area (Å²) < 4.78 is 0.991. The molecule has 0 amide bonds. The van der Waals surface area contributed by atoms with Crippen molar-refractivity contribution in [3.05, 3.63) is 70.6 Å². The standard InChI is InChI=1S/C17H16BrN3/c1-2-20-17(14-9-15(18)11-19-10-14)13-5-6-16-12(8-13)4-3-7-21-16/h3-11,17,20H,2H2,1H3. The van der Waals surface area contributed by atoms with E-state index in [-0.39, 0.29) is 6.04 Å². The largest absolute Gasteiger partial charge is 0.306 e. The summed E-state index contributed by atoms with van der Waals surface area (Å²) >= 11 is 3.49. The fourth-order valence-electron chi connectivity index (χ4n) is 2.49. The Bertz CT molecular complexity index is 758. The van der Waals surface area contributed by atoms with E-state index < -0.39 is 0 Å². The molecular weight excluding hydrogens is 326 g/mol. The molecule has 1 atom stereocenters. The molecule has 0 aliphatic carbocycles. The van der Waals surface area contributed by atoms with Crippen molar-refractivity contribution in [2.75, 3.05) is 6.54 Å². The van der Waals surface area contributed by atoms with Gasteiger partial charge in [-0.05, 0) is 57.9 Å². The molecule has 0 spiro atoms. The van der Waals surface area contributed by atoms with Crippen LogP contribution in [0.1, 0.15) is 24.1 Å². The van der Waals surface area contributed by atoms with Gasteiger partial charge in [0.05, 0.1) is 11.6 Å². The van der Waals surface area contributed by atoms with E-state index in [1.54, 1.807) is 6.20 Å². The van der Waals surface area contributed by atoms with Gasteiger partial charge in [-0.1, -0.05) is 19.1 Å². The van der Waals surface area contributed by atoms with E-state index in [0.29, 0.717) is 0 Å². The van der Waals surface area contributed by atoms with Gasteiger partial charge in [0, 0.05) is 28.4 Å². The molecule has 0 aliphatic heterocycles. The normalized spacial score (nSPS) is 12.5. The highest BCUT2D eigenvalue weighted by Gasteiger charge is 2.14. The van der Waals surface area contributed by atoms with Gasteiger partial charge in [-0.15, -0.1) is 0 Å². The maximum absolute atomic E-state index is 4.37. The van der Waals surface area contributed by atoms with Gasteiger partial charge in [0.15, 0.2) is 0 Å². The number of rotatable bonds is 4. The van der Waals surface area contributed by atoms with Crippen molar-refractivity contribution in [3.8, 4) is 0 Å². The molecule has 0 fully saturated rings. The van der Waals surface area contributed by atoms with Crippen LogP contribution >= 0.6 is 15.9 Å². The SMILES string of the molecule is CCNC(c1cncc(Br)c1)c1ccc2ncccc2c1. The zero-order valence-electron chi connectivity index (χ0n) is 11.8. The third-order valence-electron chi connectivity index (χ3n) is 3.43. The van der Waals surface area contributed by atoms with Crippen LogP contribution in [0.3, 0.4) is 0 Å². The molecule has 0 saturated carbocycles. The lowest BCUT2D eigenvalue weighted by atomic mass is 9.98. The Morgan fingerprint density at radius 2 is 2.05 bits per heavy atom. The summed E-state index contributed by atoms with van der Waals surface area (Å²) in [5.74, 6) is 0. The molecule has 3 aromatic rings. The predicted molar refractivity (Wildman–Crippen MR) is 89.2 cm³/mol. The number of aromatic nitrogens is 2. The van der Waals surface area contributed by atoms with Gasteiger partial charge in [-0.2, -0.15) is 0 Å². The lowest BCUT2D eigenvalue weighted by molar-refractivity contribution is 0.629. The Labute approximate surface area is 132 Å². The van der Waals surface area contributed by atoms with E-state index in [9.17, 15) is 0 Å². The minimum atomic E-state index is 0.129. The van der Waals surface area contributed by atoms with Crippen molar-refractivity contribution in [2.24, 2.45) is 0 Å². The first-order valence-electron chi connectivity index (χ1n) is 6.96. The van der Waals surface area contributed by atoms with E-state index >= 15 is 0 Å². The molecule has 0 aliphatic rings. The van der Waals surface area contributed by atoms with Gasteiger partial charge in [-0.25, -0.2) is 0 Å². The summed E-state index contributed by atoms with van der Waals surface area (Å²) in [6.45, 7) is 3.00. The highest BCUT2D eigenvalue weighted by atomic mass is 79.9. The summed E-state index contributed by atoms with van der Waals surface area (Å²) in [4.78, 5) is 8.65. The van der Waals surface area contributed by atoms with Crippen LogP contribution in [0.15, 0.2) is 59.5 Å². The lowest BCUT2D eigenvalue weighted by Gasteiger charge is -2.19. The number of hydrogen-bond donors (Lipinski definition) is 1. The van der Waals surface area contributed by atoms with Gasteiger partial charge in [0.2, 0.25) is 0 Å². The average molecular weight is 342 g/mol. The highest BCUT2D eigenvalue weighted by Crippen LogP contribution is 2.26. The fourth-order valence-corrected chi connectivity index (χ4v) is 2.87. The molecular formula is C17H16BrN3. The molecule has 0 bridgehead atoms. The molecule has 3 nitrogen and oxygen atoms in total. The molecule has 106 valence electrons. The number of benzene rings is 1. The van der Waals surface area contributed by atoms with E-state index in [1.807, 2.05) is 18.5 Å². The Morgan fingerprint density at radius 1 is 1.14 bits per heavy atom. The first-order valence-corrected chi connectivity index (χ1v) is 7.75. The Morgan fingerprint density at radius 3 is 2.86 bits per heavy atom. The van der Waals surface area contributed by atoms with Gasteiger partial charge in [-0.3, -0.25) is 9.97 Å². The van der Waals surface area contributed by atoms with Crippen molar-refractivity contribution in [1.29, 1.82) is 0 Å². The van der Waals surface area contributed by atoms with Gasteiger partial charge in [0.1, 0.15) is 0 Å². The number of fused-ring (bicyclic) bond motifs is 1. The number of pyridine rings is 2. The molecule has 4 heteroatoms. The molecule has 21 heavy (non-hydrogen) atoms. The van der Waals surface area contributed by atoms with Crippen molar-refractivity contribution >= 4 is 26.8 Å². The van der Waals surface area contributed by atoms with E-state index in [1.165, 1.54) is 5.56 Å². The van der Waals surface area contributed by atoms with Gasteiger partial charge >= 0.3 is 0 Å². The van der Waals surface area contributed by atoms with Crippen LogP contribution in [0.2, 0.25) is 0 Å². The lowest BCUT2D eigenvalue weighted by Crippen LogP contribution is -2.22. The second kappa shape index (κ2) is 6.33. The van der Waals surface area contributed by atoms with Crippen LogP contribution in [-0.4, -0.2) is 16.5 Å². The zero-order valence-corrected chi connectivity index (χ0v) is 13.3. The maximum Gasteiger partial charge on any atom is 0.0702 e. The zero-order chi connectivity index (χ0) is 14.7. The molecule has 1 aromatic carbocycles. The van der Waals surface area contributed by atoms with Crippen molar-refractivity contribution in [1.82, 2.24) is 15.3 Å². The molecule has 2 aromatic heterocycles. The minimum absolute atomic E-state index is 0.129. The second-order valence-corrected chi connectivity index (χ2v) is 5.80. The van der Waals surface area contributed by atoms with Crippen LogP contribution < -0.4 is 5.32 Å². The van der Waals surface area contributed by atoms with Gasteiger partial charge < -0.3 is 5.32 Å². The molecule has 0 saturated heterocycles. The van der Waals surface area contributed by atoms with Crippen molar-refractivity contribution < 1.29 is 0 Å². The Hall–Kier alpha value is -1.78. The molecule has 3 rings (SSSR count). The predicted octanol–water partition coefficient (Wildman–Crippen LogP) is 4.09. The minimum Gasteiger partial charge on any atom is -0.306 e. The number of nitrogens with zero attached hydrogens (tertiary/aromatic N) is 2. The van der Waals surface area contributed by atoms with Crippen molar-refractivity contribution in [3.63, 3.8) is 0 Å². The smallest absolute Gasteiger partial charge is 0.0702 e. The third kappa shape index (κ3) is 3.12. The van der Waals surface area contributed by atoms with Crippen LogP contribution in [0.5, 0.6) is 0 Å². The van der Waals surface area contributed by atoms with Crippen LogP contribution in [-0.2, 0) is 0 Å². The van der Waals surface area contributed by atoms with Crippen LogP contribution in [0.4, 0.5) is 0 Å². The van der Waals surface area contributed by atoms with Crippen LogP contribution in [0, 0.1) is 0 Å². The van der Waals surface area contributed by atoms with Crippen molar-refractivity contribution in [2.45, 2.75) is 13.0 Å². The summed E-state index contributed by atoms with van der Waals surface area (Å²) in [5, 5.41) is 4.68. The monoisotopic (exact) mass is 341 g/mol. The first-order chi connectivity index (χ1) is 10.3. The summed E-state index contributed by atoms with van der Waals surface area (Å²) in [6.07, 6.45) is 5.53. The van der Waals surface area contributed by atoms with E-state index in [4.69, 9.17) is 0 Å². The quantitative estimate of drug-likeness (QED) is 0.776. The average Bonchev–Trinajstić information content (AvgIpc) is 2.52. The molecule has 0 radical (unpaired) electrons. The van der Waals surface area contributed by atoms with E-state index in [0.717, 1.165) is 27.5 Å². The van der Waals surface area contributed by atoms with Gasteiger partial charge in [0.25, 0.3) is 0 Å². The summed E-state index contributed by atoms with van der Waals surface area (Å²) in [5.41, 5.74) is 3.38. The molecule has 2 heterocycles. The Balaban J connectivity index is 2.06. The Kier molecular flexibility index (Phi) is 4.27. The third-order valence-corrected chi connectivity index (χ3v) is 3.86. The topological polar surface area (TPSA) is 37.8 Å². The maximum atomic E-state index is 4.37. The number of hydrogen-bond acceptors (Lipinski definition) is 3. The number of nitrogens with one attached hydrogen (secondary N) is 1. The summed E-state index contributed by atoms with van der Waals surface area (Å²) in [7, 11) is 0. The van der Waals surface area contributed by atoms with E-state index in [2.05, 4.69) is 68.5 Å².